The minimum absolute atomic E-state index is 0.0989. The molecule has 2 rings (SSSR count). The minimum Gasteiger partial charge on any atom is -0.369 e. The normalized spacial score (nSPS) is 19.3. The molecule has 3 N–H and O–H groups in total. The number of primary amides is 1. The SMILES string of the molecule is CCNc1ncnc(N2CCCC(C(N)=O)C2)c1Br. The van der Waals surface area contributed by atoms with E-state index in [0.29, 0.717) is 6.54 Å². The van der Waals surface area contributed by atoms with Crippen LogP contribution in [0.25, 0.3) is 0 Å². The highest BCUT2D eigenvalue weighted by Gasteiger charge is 2.26. The van der Waals surface area contributed by atoms with Crippen LogP contribution in [-0.4, -0.2) is 35.5 Å². The van der Waals surface area contributed by atoms with Crippen LogP contribution in [0.3, 0.4) is 0 Å². The highest BCUT2D eigenvalue weighted by Crippen LogP contribution is 2.31. The van der Waals surface area contributed by atoms with Crippen molar-refractivity contribution in [3.8, 4) is 0 Å². The monoisotopic (exact) mass is 327 g/mol. The summed E-state index contributed by atoms with van der Waals surface area (Å²) >= 11 is 3.53. The van der Waals surface area contributed by atoms with Crippen LogP contribution in [0.1, 0.15) is 19.8 Å². The molecule has 6 nitrogen and oxygen atoms in total. The first-order chi connectivity index (χ1) is 9.13. The van der Waals surface area contributed by atoms with E-state index in [2.05, 4.69) is 36.1 Å². The maximum absolute atomic E-state index is 11.3. The van der Waals surface area contributed by atoms with E-state index >= 15 is 0 Å². The van der Waals surface area contributed by atoms with Crippen LogP contribution in [0.5, 0.6) is 0 Å². The Labute approximate surface area is 120 Å². The van der Waals surface area contributed by atoms with E-state index in [1.807, 2.05) is 6.92 Å². The van der Waals surface area contributed by atoms with Gasteiger partial charge in [0.1, 0.15) is 22.4 Å². The zero-order chi connectivity index (χ0) is 13.8. The molecule has 19 heavy (non-hydrogen) atoms. The topological polar surface area (TPSA) is 84.1 Å². The van der Waals surface area contributed by atoms with Gasteiger partial charge in [-0.3, -0.25) is 4.79 Å². The molecule has 2 heterocycles. The zero-order valence-electron chi connectivity index (χ0n) is 10.9. The van der Waals surface area contributed by atoms with Gasteiger partial charge in [-0.2, -0.15) is 0 Å². The summed E-state index contributed by atoms with van der Waals surface area (Å²) in [5.74, 6) is 1.26. The van der Waals surface area contributed by atoms with Gasteiger partial charge in [0.25, 0.3) is 0 Å². The minimum atomic E-state index is -0.234. The van der Waals surface area contributed by atoms with Gasteiger partial charge >= 0.3 is 0 Å². The summed E-state index contributed by atoms with van der Waals surface area (Å²) in [6.45, 7) is 4.30. The lowest BCUT2D eigenvalue weighted by molar-refractivity contribution is -0.122. The van der Waals surface area contributed by atoms with Crippen LogP contribution in [0, 0.1) is 5.92 Å². The number of piperidine rings is 1. The zero-order valence-corrected chi connectivity index (χ0v) is 12.5. The molecular weight excluding hydrogens is 310 g/mol. The molecule has 7 heteroatoms. The Bertz CT molecular complexity index is 467. The van der Waals surface area contributed by atoms with Gasteiger partial charge in [-0.15, -0.1) is 0 Å². The lowest BCUT2D eigenvalue weighted by Crippen LogP contribution is -2.41. The number of amides is 1. The lowest BCUT2D eigenvalue weighted by atomic mass is 9.97. The van der Waals surface area contributed by atoms with Crippen LogP contribution in [0.4, 0.5) is 11.6 Å². The molecule has 1 saturated heterocycles. The number of carbonyl (C=O) groups excluding carboxylic acids is 1. The fraction of sp³-hybridized carbons (Fsp3) is 0.583. The van der Waals surface area contributed by atoms with E-state index < -0.39 is 0 Å². The number of nitrogens with zero attached hydrogens (tertiary/aromatic N) is 3. The van der Waals surface area contributed by atoms with E-state index in [1.165, 1.54) is 6.33 Å². The van der Waals surface area contributed by atoms with Gasteiger partial charge in [-0.25, -0.2) is 9.97 Å². The average Bonchev–Trinajstić information content (AvgIpc) is 2.41. The molecule has 1 atom stereocenters. The van der Waals surface area contributed by atoms with Crippen LogP contribution < -0.4 is 16.0 Å². The third-order valence-electron chi connectivity index (χ3n) is 3.24. The molecular formula is C12H18BrN5O. The highest BCUT2D eigenvalue weighted by atomic mass is 79.9. The van der Waals surface area contributed by atoms with Gasteiger partial charge in [0, 0.05) is 19.6 Å². The van der Waals surface area contributed by atoms with E-state index in [9.17, 15) is 4.79 Å². The smallest absolute Gasteiger partial charge is 0.222 e. The van der Waals surface area contributed by atoms with Crippen molar-refractivity contribution in [1.29, 1.82) is 0 Å². The third kappa shape index (κ3) is 3.15. The first kappa shape index (κ1) is 14.0. The summed E-state index contributed by atoms with van der Waals surface area (Å²) in [5.41, 5.74) is 5.40. The van der Waals surface area contributed by atoms with Crippen molar-refractivity contribution in [2.75, 3.05) is 29.9 Å². The fourth-order valence-corrected chi connectivity index (χ4v) is 2.87. The van der Waals surface area contributed by atoms with Crippen LogP contribution in [-0.2, 0) is 4.79 Å². The van der Waals surface area contributed by atoms with Gasteiger partial charge in [0.15, 0.2) is 0 Å². The van der Waals surface area contributed by atoms with Crippen molar-refractivity contribution >= 4 is 33.5 Å². The molecule has 1 aromatic heterocycles. The summed E-state index contributed by atoms with van der Waals surface area (Å²) in [4.78, 5) is 21.9. The lowest BCUT2D eigenvalue weighted by Gasteiger charge is -2.32. The summed E-state index contributed by atoms with van der Waals surface area (Å²) in [7, 11) is 0. The van der Waals surface area contributed by atoms with Crippen molar-refractivity contribution in [1.82, 2.24) is 9.97 Å². The number of rotatable bonds is 4. The molecule has 1 aliphatic rings. The molecule has 104 valence electrons. The van der Waals surface area contributed by atoms with Crippen LogP contribution >= 0.6 is 15.9 Å². The van der Waals surface area contributed by atoms with E-state index in [4.69, 9.17) is 5.73 Å². The largest absolute Gasteiger partial charge is 0.369 e. The predicted molar refractivity (Wildman–Crippen MR) is 78.0 cm³/mol. The first-order valence-electron chi connectivity index (χ1n) is 6.42. The molecule has 1 amide bonds. The summed E-state index contributed by atoms with van der Waals surface area (Å²) in [6.07, 6.45) is 3.33. The van der Waals surface area contributed by atoms with Gasteiger partial charge < -0.3 is 16.0 Å². The van der Waals surface area contributed by atoms with Gasteiger partial charge in [0.05, 0.1) is 5.92 Å². The Morgan fingerprint density at radius 3 is 3.11 bits per heavy atom. The van der Waals surface area contributed by atoms with E-state index in [-0.39, 0.29) is 11.8 Å². The number of aromatic nitrogens is 2. The van der Waals surface area contributed by atoms with Gasteiger partial charge in [0.2, 0.25) is 5.91 Å². The Hall–Kier alpha value is -1.37. The Morgan fingerprint density at radius 1 is 1.63 bits per heavy atom. The summed E-state index contributed by atoms with van der Waals surface area (Å²) in [6, 6.07) is 0. The summed E-state index contributed by atoms with van der Waals surface area (Å²) < 4.78 is 0.835. The first-order valence-corrected chi connectivity index (χ1v) is 7.21. The predicted octanol–water partition coefficient (Wildman–Crippen LogP) is 1.37. The van der Waals surface area contributed by atoms with Crippen molar-refractivity contribution < 1.29 is 4.79 Å². The molecule has 0 radical (unpaired) electrons. The second-order valence-electron chi connectivity index (χ2n) is 4.58. The van der Waals surface area contributed by atoms with Crippen molar-refractivity contribution in [3.63, 3.8) is 0 Å². The number of hydrogen-bond acceptors (Lipinski definition) is 5. The highest BCUT2D eigenvalue weighted by molar-refractivity contribution is 9.10. The molecule has 0 spiro atoms. The molecule has 0 aliphatic carbocycles. The second-order valence-corrected chi connectivity index (χ2v) is 5.37. The molecule has 1 unspecified atom stereocenters. The van der Waals surface area contributed by atoms with Gasteiger partial charge in [-0.05, 0) is 35.7 Å². The van der Waals surface area contributed by atoms with Crippen molar-refractivity contribution in [2.45, 2.75) is 19.8 Å². The number of anilines is 2. The quantitative estimate of drug-likeness (QED) is 0.872. The number of hydrogen-bond donors (Lipinski definition) is 2. The van der Waals surface area contributed by atoms with E-state index in [0.717, 1.165) is 42.0 Å². The molecule has 1 aliphatic heterocycles. The molecule has 0 saturated carbocycles. The number of nitrogens with one attached hydrogen (secondary N) is 1. The molecule has 1 fully saturated rings. The van der Waals surface area contributed by atoms with Crippen LogP contribution in [0.2, 0.25) is 0 Å². The Kier molecular flexibility index (Phi) is 4.57. The number of halogens is 1. The molecule has 1 aromatic rings. The standard InChI is InChI=1S/C12H18BrN5O/c1-2-15-11-9(13)12(17-7-16-11)18-5-3-4-8(6-18)10(14)19/h7-8H,2-6H2,1H3,(H2,14,19)(H,15,16,17). The number of nitrogens with two attached hydrogens (primary N) is 1. The van der Waals surface area contributed by atoms with Crippen molar-refractivity contribution in [3.05, 3.63) is 10.8 Å². The Morgan fingerprint density at radius 2 is 2.42 bits per heavy atom. The van der Waals surface area contributed by atoms with E-state index in [1.54, 1.807) is 0 Å². The molecule has 0 bridgehead atoms. The maximum atomic E-state index is 11.3. The third-order valence-corrected chi connectivity index (χ3v) is 3.97. The maximum Gasteiger partial charge on any atom is 0.222 e. The Balaban J connectivity index is 2.21. The van der Waals surface area contributed by atoms with Crippen LogP contribution in [0.15, 0.2) is 10.8 Å². The average molecular weight is 328 g/mol. The second kappa shape index (κ2) is 6.18. The summed E-state index contributed by atoms with van der Waals surface area (Å²) in [5, 5.41) is 3.17. The molecule has 0 aromatic carbocycles. The van der Waals surface area contributed by atoms with Gasteiger partial charge in [-0.1, -0.05) is 0 Å². The number of carbonyl (C=O) groups is 1. The fourth-order valence-electron chi connectivity index (χ4n) is 2.27. The van der Waals surface area contributed by atoms with Crippen molar-refractivity contribution in [2.24, 2.45) is 11.7 Å².